The Morgan fingerprint density at radius 2 is 1.83 bits per heavy atom. The van der Waals surface area contributed by atoms with Crippen molar-refractivity contribution in [2.45, 2.75) is 78.2 Å². The van der Waals surface area contributed by atoms with Crippen LogP contribution in [0.1, 0.15) is 72.1 Å². The fourth-order valence-electron chi connectivity index (χ4n) is 7.72. The molecule has 3 heteroatoms. The molecule has 24 heavy (non-hydrogen) atoms. The highest BCUT2D eigenvalue weighted by atomic mass is 16.3. The van der Waals surface area contributed by atoms with Crippen LogP contribution in [0.2, 0.25) is 0 Å². The number of hydrogen-bond donors (Lipinski definition) is 1. The minimum atomic E-state index is -0.169. The van der Waals surface area contributed by atoms with Crippen molar-refractivity contribution >= 4 is 11.6 Å². The smallest absolute Gasteiger partial charge is 0.137 e. The van der Waals surface area contributed by atoms with E-state index in [-0.39, 0.29) is 34.6 Å². The Balaban J connectivity index is 1.68. The first-order valence-corrected chi connectivity index (χ1v) is 9.98. The molecule has 0 heterocycles. The molecule has 4 aliphatic rings. The summed E-state index contributed by atoms with van der Waals surface area (Å²) in [5, 5.41) is 10.1. The molecule has 0 aromatic carbocycles. The minimum absolute atomic E-state index is 0.0782. The molecule has 0 unspecified atom stereocenters. The summed E-state index contributed by atoms with van der Waals surface area (Å²) in [5.74, 6) is 2.48. The molecule has 4 aliphatic carbocycles. The third kappa shape index (κ3) is 2.12. The van der Waals surface area contributed by atoms with E-state index in [1.807, 2.05) is 0 Å². The SMILES string of the molecule is CC(=O)[C@@H]1CC[C@@H]2[C@H]3CC[C@H]4C[C@@H](O)CC[C@]4(C)[C@@H]3C(=O)C[C@]21C. The van der Waals surface area contributed by atoms with Gasteiger partial charge in [0.05, 0.1) is 6.10 Å². The standard InChI is InChI=1S/C21H32O3/c1-12(22)16-6-7-17-15-5-4-13-10-14(23)8-9-20(13,2)19(15)18(24)11-21(16,17)3/h13-17,19,23H,4-11H2,1-3H3/t13-,14-,15+,16-,17+,19-,20-,21-/m0/s1. The topological polar surface area (TPSA) is 54.4 Å². The summed E-state index contributed by atoms with van der Waals surface area (Å²) in [7, 11) is 0. The quantitative estimate of drug-likeness (QED) is 0.795. The van der Waals surface area contributed by atoms with E-state index in [9.17, 15) is 14.7 Å². The predicted molar refractivity (Wildman–Crippen MR) is 92.3 cm³/mol. The molecule has 0 bridgehead atoms. The van der Waals surface area contributed by atoms with Crippen LogP contribution >= 0.6 is 0 Å². The van der Waals surface area contributed by atoms with Gasteiger partial charge < -0.3 is 5.11 Å². The lowest BCUT2D eigenvalue weighted by Gasteiger charge is -2.59. The van der Waals surface area contributed by atoms with E-state index < -0.39 is 0 Å². The summed E-state index contributed by atoms with van der Waals surface area (Å²) in [6.45, 7) is 6.28. The van der Waals surface area contributed by atoms with Gasteiger partial charge in [0.1, 0.15) is 11.6 Å². The number of rotatable bonds is 1. The summed E-state index contributed by atoms with van der Waals surface area (Å²) in [6.07, 6.45) is 7.53. The maximum atomic E-state index is 13.3. The van der Waals surface area contributed by atoms with E-state index in [1.165, 1.54) is 0 Å². The number of fused-ring (bicyclic) bond motifs is 5. The number of ketones is 2. The first-order valence-electron chi connectivity index (χ1n) is 9.98. The van der Waals surface area contributed by atoms with Crippen molar-refractivity contribution in [3.8, 4) is 0 Å². The summed E-state index contributed by atoms with van der Waals surface area (Å²) in [5.41, 5.74) is -0.0175. The van der Waals surface area contributed by atoms with Crippen molar-refractivity contribution in [1.82, 2.24) is 0 Å². The van der Waals surface area contributed by atoms with Crippen molar-refractivity contribution in [3.63, 3.8) is 0 Å². The van der Waals surface area contributed by atoms with Gasteiger partial charge in [-0.3, -0.25) is 9.59 Å². The average Bonchev–Trinajstić information content (AvgIpc) is 2.84. The second-order valence-electron chi connectivity index (χ2n) is 9.85. The van der Waals surface area contributed by atoms with Crippen LogP contribution in [0.5, 0.6) is 0 Å². The molecule has 0 saturated heterocycles. The first kappa shape index (κ1) is 16.8. The molecular formula is C21H32O3. The zero-order chi connectivity index (χ0) is 17.3. The molecule has 4 fully saturated rings. The number of aliphatic hydroxyl groups is 1. The molecule has 1 N–H and O–H groups in total. The highest BCUT2D eigenvalue weighted by molar-refractivity contribution is 5.87. The molecule has 0 aromatic rings. The Bertz CT molecular complexity index is 569. The van der Waals surface area contributed by atoms with Gasteiger partial charge in [0.2, 0.25) is 0 Å². The molecule has 0 radical (unpaired) electrons. The van der Waals surface area contributed by atoms with Crippen molar-refractivity contribution in [1.29, 1.82) is 0 Å². The van der Waals surface area contributed by atoms with Crippen LogP contribution in [0.25, 0.3) is 0 Å². The van der Waals surface area contributed by atoms with E-state index in [0.717, 1.165) is 44.9 Å². The highest BCUT2D eigenvalue weighted by Crippen LogP contribution is 2.66. The minimum Gasteiger partial charge on any atom is -0.393 e. The number of carbonyl (C=O) groups is 2. The Morgan fingerprint density at radius 1 is 1.08 bits per heavy atom. The third-order valence-corrected chi connectivity index (χ3v) is 8.81. The van der Waals surface area contributed by atoms with Gasteiger partial charge in [0.15, 0.2) is 0 Å². The number of aliphatic hydroxyl groups excluding tert-OH is 1. The van der Waals surface area contributed by atoms with E-state index >= 15 is 0 Å². The molecule has 134 valence electrons. The second-order valence-corrected chi connectivity index (χ2v) is 9.85. The van der Waals surface area contributed by atoms with Gasteiger partial charge in [0, 0.05) is 18.3 Å². The monoisotopic (exact) mass is 332 g/mol. The van der Waals surface area contributed by atoms with Gasteiger partial charge in [-0.05, 0) is 80.5 Å². The predicted octanol–water partition coefficient (Wildman–Crippen LogP) is 3.77. The number of carbonyl (C=O) groups excluding carboxylic acids is 2. The second kappa shape index (κ2) is 5.40. The van der Waals surface area contributed by atoms with E-state index in [1.54, 1.807) is 6.92 Å². The number of Topliss-reactive ketones (excluding diaryl/α,β-unsaturated/α-hetero) is 2. The van der Waals surface area contributed by atoms with Crippen LogP contribution in [0.4, 0.5) is 0 Å². The largest absolute Gasteiger partial charge is 0.393 e. The summed E-state index contributed by atoms with van der Waals surface area (Å²) >= 11 is 0. The van der Waals surface area contributed by atoms with Crippen LogP contribution in [0.15, 0.2) is 0 Å². The van der Waals surface area contributed by atoms with Crippen molar-refractivity contribution < 1.29 is 14.7 Å². The molecule has 0 spiro atoms. The van der Waals surface area contributed by atoms with Crippen LogP contribution in [-0.4, -0.2) is 22.8 Å². The molecule has 4 saturated carbocycles. The Hall–Kier alpha value is -0.700. The zero-order valence-electron chi connectivity index (χ0n) is 15.4. The zero-order valence-corrected chi connectivity index (χ0v) is 15.4. The lowest BCUT2D eigenvalue weighted by atomic mass is 9.44. The maximum absolute atomic E-state index is 13.3. The average molecular weight is 332 g/mol. The van der Waals surface area contributed by atoms with E-state index in [0.29, 0.717) is 30.0 Å². The van der Waals surface area contributed by atoms with Gasteiger partial charge in [-0.1, -0.05) is 13.8 Å². The molecule has 4 rings (SSSR count). The molecule has 3 nitrogen and oxygen atoms in total. The van der Waals surface area contributed by atoms with Gasteiger partial charge in [-0.25, -0.2) is 0 Å². The van der Waals surface area contributed by atoms with Crippen molar-refractivity contribution in [2.24, 2.45) is 40.4 Å². The summed E-state index contributed by atoms with van der Waals surface area (Å²) in [4.78, 5) is 25.5. The molecular weight excluding hydrogens is 300 g/mol. The van der Waals surface area contributed by atoms with Gasteiger partial charge in [-0.2, -0.15) is 0 Å². The van der Waals surface area contributed by atoms with Crippen molar-refractivity contribution in [3.05, 3.63) is 0 Å². The lowest BCUT2D eigenvalue weighted by Crippen LogP contribution is -2.58. The molecule has 0 aromatic heterocycles. The normalized spacial score (nSPS) is 53.9. The highest BCUT2D eigenvalue weighted by Gasteiger charge is 2.63. The molecule has 8 atom stereocenters. The summed E-state index contributed by atoms with van der Waals surface area (Å²) < 4.78 is 0. The first-order chi connectivity index (χ1) is 11.3. The maximum Gasteiger partial charge on any atom is 0.137 e. The lowest BCUT2D eigenvalue weighted by molar-refractivity contribution is -0.162. The van der Waals surface area contributed by atoms with E-state index in [4.69, 9.17) is 0 Å². The van der Waals surface area contributed by atoms with Gasteiger partial charge >= 0.3 is 0 Å². The Labute approximate surface area is 145 Å². The fraction of sp³-hybridized carbons (Fsp3) is 0.905. The van der Waals surface area contributed by atoms with Crippen molar-refractivity contribution in [2.75, 3.05) is 0 Å². The Kier molecular flexibility index (Phi) is 3.77. The Morgan fingerprint density at radius 3 is 2.54 bits per heavy atom. The van der Waals surface area contributed by atoms with Crippen LogP contribution in [0.3, 0.4) is 0 Å². The van der Waals surface area contributed by atoms with Crippen LogP contribution < -0.4 is 0 Å². The van der Waals surface area contributed by atoms with E-state index in [2.05, 4.69) is 13.8 Å². The van der Waals surface area contributed by atoms with Gasteiger partial charge in [-0.15, -0.1) is 0 Å². The molecule has 0 amide bonds. The number of hydrogen-bond acceptors (Lipinski definition) is 3. The fourth-order valence-corrected chi connectivity index (χ4v) is 7.72. The molecule has 0 aliphatic heterocycles. The van der Waals surface area contributed by atoms with Crippen LogP contribution in [0, 0.1) is 40.4 Å². The van der Waals surface area contributed by atoms with Gasteiger partial charge in [0.25, 0.3) is 0 Å². The van der Waals surface area contributed by atoms with Crippen LogP contribution in [-0.2, 0) is 9.59 Å². The summed E-state index contributed by atoms with van der Waals surface area (Å²) in [6, 6.07) is 0. The third-order valence-electron chi connectivity index (χ3n) is 8.81.